The second kappa shape index (κ2) is 3.67. The highest BCUT2D eigenvalue weighted by Crippen LogP contribution is 2.67. The lowest BCUT2D eigenvalue weighted by molar-refractivity contribution is -0.153. The number of carbonyl (C=O) groups is 2. The second-order valence-electron chi connectivity index (χ2n) is 4.16. The Labute approximate surface area is 116 Å². The average Bonchev–Trinajstić information content (AvgIpc) is 2.54. The summed E-state index contributed by atoms with van der Waals surface area (Å²) in [6, 6.07) is 0. The summed E-state index contributed by atoms with van der Waals surface area (Å²) < 4.78 is 0. The van der Waals surface area contributed by atoms with E-state index in [1.165, 1.54) is 0 Å². The number of carboxylic acid groups (broad SMARTS) is 2. The molecule has 0 aromatic heterocycles. The Morgan fingerprint density at radius 1 is 1.00 bits per heavy atom. The molecule has 1 saturated carbocycles. The molecule has 0 aliphatic heterocycles. The van der Waals surface area contributed by atoms with Crippen molar-refractivity contribution in [3.8, 4) is 0 Å². The standard InChI is InChI=1S/C9H6Cl4O4/c10-4-5(11)9(13)1-8(4,12)2(6(14)15)3(9)7(16)17/h2-3H,1H2,(H,14,15)(H,16,17). The van der Waals surface area contributed by atoms with Gasteiger partial charge in [0.05, 0.1) is 31.6 Å². The Bertz CT molecular complexity index is 422. The van der Waals surface area contributed by atoms with E-state index in [1.54, 1.807) is 0 Å². The molecule has 0 saturated heterocycles. The summed E-state index contributed by atoms with van der Waals surface area (Å²) >= 11 is 24.0. The van der Waals surface area contributed by atoms with E-state index in [2.05, 4.69) is 0 Å². The molecule has 1 fully saturated rings. The first kappa shape index (κ1) is 13.3. The first-order valence-corrected chi connectivity index (χ1v) is 6.07. The molecule has 0 amide bonds. The largest absolute Gasteiger partial charge is 0.481 e. The van der Waals surface area contributed by atoms with Crippen molar-refractivity contribution in [2.45, 2.75) is 16.2 Å². The minimum absolute atomic E-state index is 0.0688. The average molecular weight is 320 g/mol. The van der Waals surface area contributed by atoms with E-state index in [0.29, 0.717) is 0 Å². The quantitative estimate of drug-likeness (QED) is 0.767. The summed E-state index contributed by atoms with van der Waals surface area (Å²) in [5.41, 5.74) is 0. The number of fused-ring (bicyclic) bond motifs is 2. The third-order valence-corrected chi connectivity index (χ3v) is 5.75. The van der Waals surface area contributed by atoms with Crippen LogP contribution in [0, 0.1) is 11.8 Å². The Kier molecular flexibility index (Phi) is 2.86. The van der Waals surface area contributed by atoms with Crippen LogP contribution in [0.5, 0.6) is 0 Å². The third kappa shape index (κ3) is 1.44. The summed E-state index contributed by atoms with van der Waals surface area (Å²) in [7, 11) is 0. The molecule has 2 N–H and O–H groups in total. The highest BCUT2D eigenvalue weighted by molar-refractivity contribution is 6.52. The fourth-order valence-corrected chi connectivity index (χ4v) is 4.51. The Morgan fingerprint density at radius 3 is 1.53 bits per heavy atom. The molecule has 8 heteroatoms. The molecule has 4 nitrogen and oxygen atoms in total. The maximum absolute atomic E-state index is 11.2. The van der Waals surface area contributed by atoms with Crippen LogP contribution in [0.25, 0.3) is 0 Å². The van der Waals surface area contributed by atoms with Crippen LogP contribution in [-0.4, -0.2) is 31.9 Å². The molecule has 4 unspecified atom stereocenters. The molecule has 2 aliphatic rings. The van der Waals surface area contributed by atoms with Crippen molar-refractivity contribution >= 4 is 58.3 Å². The van der Waals surface area contributed by atoms with E-state index >= 15 is 0 Å². The van der Waals surface area contributed by atoms with E-state index in [1.807, 2.05) is 0 Å². The van der Waals surface area contributed by atoms with Gasteiger partial charge in [0, 0.05) is 0 Å². The molecule has 0 spiro atoms. The summed E-state index contributed by atoms with van der Waals surface area (Å²) in [5.74, 6) is -5.49. The molecule has 0 aromatic rings. The fourth-order valence-electron chi connectivity index (χ4n) is 2.59. The molecular formula is C9H6Cl4O4. The molecule has 2 rings (SSSR count). The number of allylic oxidation sites excluding steroid dienone is 2. The molecule has 0 heterocycles. The van der Waals surface area contributed by atoms with Crippen molar-refractivity contribution < 1.29 is 19.8 Å². The van der Waals surface area contributed by atoms with Gasteiger partial charge in [-0.3, -0.25) is 9.59 Å². The van der Waals surface area contributed by atoms with E-state index < -0.39 is 33.5 Å². The zero-order valence-corrected chi connectivity index (χ0v) is 11.1. The normalized spacial score (nSPS) is 44.2. The van der Waals surface area contributed by atoms with Crippen molar-refractivity contribution in [1.82, 2.24) is 0 Å². The van der Waals surface area contributed by atoms with Gasteiger partial charge in [0.15, 0.2) is 0 Å². The highest BCUT2D eigenvalue weighted by Gasteiger charge is 2.73. The van der Waals surface area contributed by atoms with Crippen molar-refractivity contribution in [2.75, 3.05) is 0 Å². The van der Waals surface area contributed by atoms with Gasteiger partial charge in [-0.1, -0.05) is 23.2 Å². The van der Waals surface area contributed by atoms with Crippen LogP contribution in [0.1, 0.15) is 6.42 Å². The Hall–Kier alpha value is -0.160. The van der Waals surface area contributed by atoms with Crippen molar-refractivity contribution in [2.24, 2.45) is 11.8 Å². The van der Waals surface area contributed by atoms with Gasteiger partial charge in [-0.15, -0.1) is 23.2 Å². The topological polar surface area (TPSA) is 74.6 Å². The van der Waals surface area contributed by atoms with Gasteiger partial charge in [0.25, 0.3) is 0 Å². The second-order valence-corrected chi connectivity index (χ2v) is 6.27. The van der Waals surface area contributed by atoms with Crippen LogP contribution < -0.4 is 0 Å². The number of hydrogen-bond acceptors (Lipinski definition) is 2. The van der Waals surface area contributed by atoms with Gasteiger partial charge in [0.1, 0.15) is 0 Å². The smallest absolute Gasteiger partial charge is 0.309 e. The van der Waals surface area contributed by atoms with Crippen molar-refractivity contribution in [1.29, 1.82) is 0 Å². The minimum atomic E-state index is -1.53. The summed E-state index contributed by atoms with van der Waals surface area (Å²) in [6.07, 6.45) is -0.102. The first-order chi connectivity index (χ1) is 7.66. The Morgan fingerprint density at radius 2 is 1.29 bits per heavy atom. The number of halogens is 4. The lowest BCUT2D eigenvalue weighted by Crippen LogP contribution is -2.45. The highest BCUT2D eigenvalue weighted by atomic mass is 35.5. The molecule has 4 atom stereocenters. The number of alkyl halides is 2. The third-order valence-electron chi connectivity index (χ3n) is 3.29. The van der Waals surface area contributed by atoms with Gasteiger partial charge in [0.2, 0.25) is 0 Å². The lowest BCUT2D eigenvalue weighted by Gasteiger charge is -2.32. The summed E-state index contributed by atoms with van der Waals surface area (Å²) in [6.45, 7) is 0. The van der Waals surface area contributed by atoms with Crippen LogP contribution in [0.15, 0.2) is 10.1 Å². The van der Waals surface area contributed by atoms with E-state index in [9.17, 15) is 9.59 Å². The fraction of sp³-hybridized carbons (Fsp3) is 0.556. The summed E-state index contributed by atoms with van der Waals surface area (Å²) in [4.78, 5) is 19.3. The van der Waals surface area contributed by atoms with Crippen LogP contribution in [0.2, 0.25) is 0 Å². The number of aliphatic carboxylic acids is 2. The van der Waals surface area contributed by atoms with Crippen molar-refractivity contribution in [3.63, 3.8) is 0 Å². The molecular weight excluding hydrogens is 314 g/mol. The van der Waals surface area contributed by atoms with Crippen LogP contribution in [0.4, 0.5) is 0 Å². The van der Waals surface area contributed by atoms with Gasteiger partial charge >= 0.3 is 11.9 Å². The van der Waals surface area contributed by atoms with Gasteiger partial charge in [-0.25, -0.2) is 0 Å². The van der Waals surface area contributed by atoms with Gasteiger partial charge in [-0.05, 0) is 6.42 Å². The number of carboxylic acids is 2. The SMILES string of the molecule is O=C(O)C1C(C(=O)O)C2(Cl)CC1(Cl)C(Cl)=C2Cl. The number of hydrogen-bond donors (Lipinski definition) is 2. The maximum Gasteiger partial charge on any atom is 0.309 e. The van der Waals surface area contributed by atoms with Crippen molar-refractivity contribution in [3.05, 3.63) is 10.1 Å². The van der Waals surface area contributed by atoms with Gasteiger partial charge < -0.3 is 10.2 Å². The minimum Gasteiger partial charge on any atom is -0.481 e. The molecule has 2 aliphatic carbocycles. The van der Waals surface area contributed by atoms with E-state index in [0.717, 1.165) is 0 Å². The molecule has 2 bridgehead atoms. The van der Waals surface area contributed by atoms with Crippen LogP contribution in [0.3, 0.4) is 0 Å². The Balaban J connectivity index is 2.65. The van der Waals surface area contributed by atoms with E-state index in [-0.39, 0.29) is 16.5 Å². The molecule has 0 aromatic carbocycles. The van der Waals surface area contributed by atoms with E-state index in [4.69, 9.17) is 56.6 Å². The predicted molar refractivity (Wildman–Crippen MR) is 62.8 cm³/mol. The monoisotopic (exact) mass is 318 g/mol. The van der Waals surface area contributed by atoms with Gasteiger partial charge in [-0.2, -0.15) is 0 Å². The predicted octanol–water partition coefficient (Wildman–Crippen LogP) is 2.45. The molecule has 94 valence electrons. The zero-order chi connectivity index (χ0) is 13.2. The summed E-state index contributed by atoms with van der Waals surface area (Å²) in [5, 5.41) is 18.1. The van der Waals surface area contributed by atoms with Crippen LogP contribution in [-0.2, 0) is 9.59 Å². The molecule has 0 radical (unpaired) electrons. The first-order valence-electron chi connectivity index (χ1n) is 4.56. The maximum atomic E-state index is 11.2. The van der Waals surface area contributed by atoms with Crippen LogP contribution >= 0.6 is 46.4 Å². The number of rotatable bonds is 2. The zero-order valence-electron chi connectivity index (χ0n) is 8.08. The lowest BCUT2D eigenvalue weighted by atomic mass is 9.82. The molecule has 17 heavy (non-hydrogen) atoms.